The Morgan fingerprint density at radius 2 is 1.85 bits per heavy atom. The third kappa shape index (κ3) is 2.90. The number of hydrogen-bond acceptors (Lipinski definition) is 1. The largest absolute Gasteiger partial charge is 0.462 e. The van der Waals surface area contributed by atoms with Crippen molar-refractivity contribution in [1.82, 2.24) is 0 Å². The molecule has 0 bridgehead atoms. The van der Waals surface area contributed by atoms with Gasteiger partial charge in [-0.2, -0.15) is 0 Å². The second-order valence-electron chi connectivity index (χ2n) is 2.29. The number of hydrogen-bond donors (Lipinski definition) is 0. The average molecular weight is 282 g/mol. The summed E-state index contributed by atoms with van der Waals surface area (Å²) in [5.74, 6) is 0.477. The molecular weight excluding hydrogens is 275 g/mol. The predicted octanol–water partition coefficient (Wildman–Crippen LogP) is 4.67. The molecule has 1 aromatic carbocycles. The molecule has 13 heavy (non-hydrogen) atoms. The molecule has 0 spiro atoms. The van der Waals surface area contributed by atoms with Crippen molar-refractivity contribution in [2.24, 2.45) is 0 Å². The lowest BCUT2D eigenvalue weighted by Gasteiger charge is -2.05. The molecule has 0 amide bonds. The highest BCUT2D eigenvalue weighted by Gasteiger charge is 2.07. The van der Waals surface area contributed by atoms with Crippen LogP contribution in [0.3, 0.4) is 0 Å². The quantitative estimate of drug-likeness (QED) is 0.716. The summed E-state index contributed by atoms with van der Waals surface area (Å²) in [5, 5.41) is 0.968. The van der Waals surface area contributed by atoms with Crippen molar-refractivity contribution in [3.63, 3.8) is 0 Å². The average Bonchev–Trinajstić information content (AvgIpc) is 2.02. The molecule has 0 aliphatic rings. The molecule has 4 heteroatoms. The molecule has 0 aliphatic carbocycles. The van der Waals surface area contributed by atoms with E-state index in [4.69, 9.17) is 27.9 Å². The van der Waals surface area contributed by atoms with Crippen molar-refractivity contribution in [2.45, 2.75) is 6.92 Å². The van der Waals surface area contributed by atoms with Gasteiger partial charge >= 0.3 is 0 Å². The van der Waals surface area contributed by atoms with E-state index in [2.05, 4.69) is 15.9 Å². The maximum Gasteiger partial charge on any atom is 0.163 e. The van der Waals surface area contributed by atoms with Crippen LogP contribution in [0.5, 0.6) is 5.75 Å². The maximum atomic E-state index is 5.90. The molecule has 0 fully saturated rings. The summed E-state index contributed by atoms with van der Waals surface area (Å²) in [4.78, 5) is 0. The molecule has 0 atom stereocenters. The van der Waals surface area contributed by atoms with E-state index in [0.717, 1.165) is 4.47 Å². The molecule has 0 aliphatic heterocycles. The third-order valence-corrected chi connectivity index (χ3v) is 2.30. The maximum absolute atomic E-state index is 5.90. The number of ether oxygens (including phenoxy) is 1. The van der Waals surface area contributed by atoms with Crippen LogP contribution >= 0.6 is 39.1 Å². The zero-order valence-electron chi connectivity index (χ0n) is 6.85. The van der Waals surface area contributed by atoms with Gasteiger partial charge in [-0.05, 0) is 19.1 Å². The first-order chi connectivity index (χ1) is 6.15. The summed E-state index contributed by atoms with van der Waals surface area (Å²) >= 11 is 15.1. The SMILES string of the molecule is C/C=C/Oc1c(Cl)cc(Br)cc1Cl. The van der Waals surface area contributed by atoms with Gasteiger partial charge in [-0.1, -0.05) is 45.2 Å². The Morgan fingerprint density at radius 3 is 2.31 bits per heavy atom. The van der Waals surface area contributed by atoms with E-state index < -0.39 is 0 Å². The molecule has 0 unspecified atom stereocenters. The lowest BCUT2D eigenvalue weighted by atomic mass is 10.3. The topological polar surface area (TPSA) is 9.23 Å². The highest BCUT2D eigenvalue weighted by atomic mass is 79.9. The smallest absolute Gasteiger partial charge is 0.163 e. The fourth-order valence-electron chi connectivity index (χ4n) is 0.778. The monoisotopic (exact) mass is 280 g/mol. The second-order valence-corrected chi connectivity index (χ2v) is 4.02. The van der Waals surface area contributed by atoms with Gasteiger partial charge in [0.2, 0.25) is 0 Å². The van der Waals surface area contributed by atoms with Gasteiger partial charge < -0.3 is 4.74 Å². The molecule has 0 saturated heterocycles. The Balaban J connectivity index is 3.05. The number of benzene rings is 1. The zero-order valence-corrected chi connectivity index (χ0v) is 9.95. The zero-order chi connectivity index (χ0) is 9.84. The third-order valence-electron chi connectivity index (χ3n) is 1.29. The minimum absolute atomic E-state index is 0.477. The summed E-state index contributed by atoms with van der Waals surface area (Å²) in [6.45, 7) is 1.85. The molecule has 0 radical (unpaired) electrons. The number of allylic oxidation sites excluding steroid dienone is 1. The van der Waals surface area contributed by atoms with E-state index in [1.807, 2.05) is 6.92 Å². The summed E-state index contributed by atoms with van der Waals surface area (Å²) in [7, 11) is 0. The lowest BCUT2D eigenvalue weighted by molar-refractivity contribution is 0.481. The minimum atomic E-state index is 0.477. The van der Waals surface area contributed by atoms with Crippen molar-refractivity contribution in [3.05, 3.63) is 39.0 Å². The van der Waals surface area contributed by atoms with Crippen LogP contribution in [-0.4, -0.2) is 0 Å². The van der Waals surface area contributed by atoms with Gasteiger partial charge in [-0.15, -0.1) is 0 Å². The van der Waals surface area contributed by atoms with E-state index in [-0.39, 0.29) is 0 Å². The predicted molar refractivity (Wildman–Crippen MR) is 59.6 cm³/mol. The Hall–Kier alpha value is -0.180. The van der Waals surface area contributed by atoms with Gasteiger partial charge in [0.25, 0.3) is 0 Å². The Bertz CT molecular complexity index is 313. The normalized spacial score (nSPS) is 10.8. The van der Waals surface area contributed by atoms with Crippen LogP contribution in [0.25, 0.3) is 0 Å². The van der Waals surface area contributed by atoms with Gasteiger partial charge in [0.1, 0.15) is 0 Å². The summed E-state index contributed by atoms with van der Waals surface area (Å²) in [6, 6.07) is 3.46. The molecule has 0 heterocycles. The van der Waals surface area contributed by atoms with Crippen LogP contribution in [0.4, 0.5) is 0 Å². The Morgan fingerprint density at radius 1 is 1.31 bits per heavy atom. The van der Waals surface area contributed by atoms with Crippen molar-refractivity contribution in [1.29, 1.82) is 0 Å². The molecule has 1 nitrogen and oxygen atoms in total. The molecule has 0 N–H and O–H groups in total. The van der Waals surface area contributed by atoms with Gasteiger partial charge in [0, 0.05) is 4.47 Å². The molecule has 1 rings (SSSR count). The van der Waals surface area contributed by atoms with E-state index in [1.54, 1.807) is 18.2 Å². The number of halogens is 3. The van der Waals surface area contributed by atoms with E-state index >= 15 is 0 Å². The molecule has 70 valence electrons. The van der Waals surface area contributed by atoms with Crippen molar-refractivity contribution >= 4 is 39.1 Å². The van der Waals surface area contributed by atoms with Crippen LogP contribution in [0.2, 0.25) is 10.0 Å². The summed E-state index contributed by atoms with van der Waals surface area (Å²) < 4.78 is 6.04. The van der Waals surface area contributed by atoms with E-state index in [9.17, 15) is 0 Å². The van der Waals surface area contributed by atoms with Gasteiger partial charge in [0.05, 0.1) is 16.3 Å². The fourth-order valence-corrected chi connectivity index (χ4v) is 2.08. The Kier molecular flexibility index (Phi) is 4.10. The summed E-state index contributed by atoms with van der Waals surface area (Å²) in [6.07, 6.45) is 3.29. The van der Waals surface area contributed by atoms with Crippen LogP contribution < -0.4 is 4.74 Å². The van der Waals surface area contributed by atoms with E-state index in [0.29, 0.717) is 15.8 Å². The minimum Gasteiger partial charge on any atom is -0.462 e. The first-order valence-electron chi connectivity index (χ1n) is 3.57. The lowest BCUT2D eigenvalue weighted by Crippen LogP contribution is -1.84. The first kappa shape index (κ1) is 10.9. The van der Waals surface area contributed by atoms with Crippen molar-refractivity contribution in [3.8, 4) is 5.75 Å². The molecule has 1 aromatic rings. The first-order valence-corrected chi connectivity index (χ1v) is 5.12. The number of rotatable bonds is 2. The Labute approximate surface area is 95.4 Å². The fraction of sp³-hybridized carbons (Fsp3) is 0.111. The van der Waals surface area contributed by atoms with Gasteiger partial charge in [-0.3, -0.25) is 0 Å². The van der Waals surface area contributed by atoms with Gasteiger partial charge in [0.15, 0.2) is 5.75 Å². The van der Waals surface area contributed by atoms with Crippen LogP contribution in [-0.2, 0) is 0 Å². The highest BCUT2D eigenvalue weighted by molar-refractivity contribution is 9.10. The molecule has 0 aromatic heterocycles. The van der Waals surface area contributed by atoms with Crippen LogP contribution in [0.15, 0.2) is 28.9 Å². The van der Waals surface area contributed by atoms with Gasteiger partial charge in [-0.25, -0.2) is 0 Å². The second kappa shape index (κ2) is 4.89. The van der Waals surface area contributed by atoms with Crippen molar-refractivity contribution in [2.75, 3.05) is 0 Å². The van der Waals surface area contributed by atoms with Crippen LogP contribution in [0.1, 0.15) is 6.92 Å². The molecular formula is C9H7BrCl2O. The highest BCUT2D eigenvalue weighted by Crippen LogP contribution is 2.35. The standard InChI is InChI=1S/C9H7BrCl2O/c1-2-3-13-9-7(11)4-6(10)5-8(9)12/h2-5H,1H3/b3-2+. The van der Waals surface area contributed by atoms with Crippen molar-refractivity contribution < 1.29 is 4.74 Å². The summed E-state index contributed by atoms with van der Waals surface area (Å²) in [5.41, 5.74) is 0. The van der Waals surface area contributed by atoms with E-state index in [1.165, 1.54) is 6.26 Å². The van der Waals surface area contributed by atoms with Crippen LogP contribution in [0, 0.1) is 0 Å². The molecule has 0 saturated carbocycles.